The van der Waals surface area contributed by atoms with Gasteiger partial charge in [0.2, 0.25) is 0 Å². The number of aliphatic hydroxyl groups is 1. The maximum Gasteiger partial charge on any atom is 0.313 e. The largest absolute Gasteiger partial charge is 0.391 e. The Morgan fingerprint density at radius 2 is 2.00 bits per heavy atom. The molecule has 0 aliphatic carbocycles. The standard InChI is InChI=1S/C14H18ClFN2O3/c1-8(2)5-10(19)7-17-13(20)14(21)18-9-3-4-12(16)11(15)6-9/h3-4,6,8,10,19H,5,7H2,1-2H3,(H,17,20)(H,18,21). The van der Waals surface area contributed by atoms with Gasteiger partial charge in [-0.1, -0.05) is 25.4 Å². The zero-order valence-electron chi connectivity index (χ0n) is 11.8. The molecule has 1 aromatic rings. The summed E-state index contributed by atoms with van der Waals surface area (Å²) in [5.74, 6) is -2.12. The van der Waals surface area contributed by atoms with Gasteiger partial charge in [0.15, 0.2) is 0 Å². The third kappa shape index (κ3) is 6.10. The third-order valence-electron chi connectivity index (χ3n) is 2.63. The number of hydrogen-bond acceptors (Lipinski definition) is 3. The Labute approximate surface area is 127 Å². The number of carbonyl (C=O) groups excluding carboxylic acids is 2. The SMILES string of the molecule is CC(C)CC(O)CNC(=O)C(=O)Nc1ccc(F)c(Cl)c1. The zero-order valence-corrected chi connectivity index (χ0v) is 12.6. The Morgan fingerprint density at radius 1 is 1.33 bits per heavy atom. The molecule has 1 unspecified atom stereocenters. The van der Waals surface area contributed by atoms with Gasteiger partial charge in [-0.05, 0) is 30.5 Å². The Balaban J connectivity index is 2.47. The van der Waals surface area contributed by atoms with Crippen molar-refractivity contribution in [2.45, 2.75) is 26.4 Å². The molecule has 0 radical (unpaired) electrons. The summed E-state index contributed by atoms with van der Waals surface area (Å²) in [6, 6.07) is 3.58. The van der Waals surface area contributed by atoms with Crippen molar-refractivity contribution in [3.63, 3.8) is 0 Å². The quantitative estimate of drug-likeness (QED) is 0.726. The first-order valence-electron chi connectivity index (χ1n) is 6.52. The number of amides is 2. The molecule has 1 rings (SSSR count). The van der Waals surface area contributed by atoms with E-state index in [1.54, 1.807) is 0 Å². The molecule has 0 saturated heterocycles. The van der Waals surface area contributed by atoms with Crippen LogP contribution in [0.15, 0.2) is 18.2 Å². The van der Waals surface area contributed by atoms with Gasteiger partial charge in [-0.25, -0.2) is 4.39 Å². The van der Waals surface area contributed by atoms with Crippen molar-refractivity contribution in [2.75, 3.05) is 11.9 Å². The van der Waals surface area contributed by atoms with E-state index < -0.39 is 23.7 Å². The van der Waals surface area contributed by atoms with Crippen molar-refractivity contribution in [2.24, 2.45) is 5.92 Å². The van der Waals surface area contributed by atoms with Gasteiger partial charge in [0, 0.05) is 12.2 Å². The van der Waals surface area contributed by atoms with Crippen LogP contribution in [0, 0.1) is 11.7 Å². The van der Waals surface area contributed by atoms with Gasteiger partial charge in [0.1, 0.15) is 5.82 Å². The Morgan fingerprint density at radius 3 is 2.57 bits per heavy atom. The van der Waals surface area contributed by atoms with Gasteiger partial charge >= 0.3 is 11.8 Å². The smallest absolute Gasteiger partial charge is 0.313 e. The van der Waals surface area contributed by atoms with Crippen molar-refractivity contribution in [1.29, 1.82) is 0 Å². The van der Waals surface area contributed by atoms with Crippen LogP contribution in [0.25, 0.3) is 0 Å². The number of carbonyl (C=O) groups is 2. The minimum atomic E-state index is -0.908. The highest BCUT2D eigenvalue weighted by Crippen LogP contribution is 2.19. The summed E-state index contributed by atoms with van der Waals surface area (Å²) >= 11 is 5.57. The summed E-state index contributed by atoms with van der Waals surface area (Å²) in [6.07, 6.45) is -0.183. The van der Waals surface area contributed by atoms with Gasteiger partial charge in [-0.3, -0.25) is 9.59 Å². The first-order chi connectivity index (χ1) is 9.79. The highest BCUT2D eigenvalue weighted by atomic mass is 35.5. The lowest BCUT2D eigenvalue weighted by Crippen LogP contribution is -2.39. The van der Waals surface area contributed by atoms with Crippen LogP contribution in [0.4, 0.5) is 10.1 Å². The highest BCUT2D eigenvalue weighted by Gasteiger charge is 2.16. The fourth-order valence-corrected chi connectivity index (χ4v) is 1.86. The molecule has 0 bridgehead atoms. The van der Waals surface area contributed by atoms with E-state index >= 15 is 0 Å². The molecule has 21 heavy (non-hydrogen) atoms. The van der Waals surface area contributed by atoms with Crippen LogP contribution in [-0.2, 0) is 9.59 Å². The van der Waals surface area contributed by atoms with Gasteiger partial charge in [-0.15, -0.1) is 0 Å². The Bertz CT molecular complexity index is 523. The van der Waals surface area contributed by atoms with Gasteiger partial charge in [0.25, 0.3) is 0 Å². The molecule has 0 aliphatic rings. The van der Waals surface area contributed by atoms with Crippen molar-refractivity contribution in [3.05, 3.63) is 29.0 Å². The molecule has 0 saturated carbocycles. The number of rotatable bonds is 5. The number of halogens is 2. The van der Waals surface area contributed by atoms with E-state index in [1.807, 2.05) is 13.8 Å². The summed E-state index contributed by atoms with van der Waals surface area (Å²) < 4.78 is 13.0. The minimum absolute atomic E-state index is 0.00535. The van der Waals surface area contributed by atoms with E-state index in [1.165, 1.54) is 12.1 Å². The van der Waals surface area contributed by atoms with Crippen LogP contribution >= 0.6 is 11.6 Å². The van der Waals surface area contributed by atoms with Crippen LogP contribution in [0.2, 0.25) is 5.02 Å². The number of benzene rings is 1. The second-order valence-corrected chi connectivity index (χ2v) is 5.48. The van der Waals surface area contributed by atoms with E-state index in [0.29, 0.717) is 6.42 Å². The Kier molecular flexibility index (Phi) is 6.58. The second-order valence-electron chi connectivity index (χ2n) is 5.08. The van der Waals surface area contributed by atoms with E-state index in [9.17, 15) is 19.1 Å². The summed E-state index contributed by atoms with van der Waals surface area (Å²) in [7, 11) is 0. The number of hydrogen-bond donors (Lipinski definition) is 3. The maximum absolute atomic E-state index is 13.0. The highest BCUT2D eigenvalue weighted by molar-refractivity contribution is 6.39. The van der Waals surface area contributed by atoms with Crippen LogP contribution in [0.1, 0.15) is 20.3 Å². The number of nitrogens with one attached hydrogen (secondary N) is 2. The predicted octanol–water partition coefficient (Wildman–Crippen LogP) is 1.94. The summed E-state index contributed by atoms with van der Waals surface area (Å²) in [6.45, 7) is 3.88. The van der Waals surface area contributed by atoms with Crippen molar-refractivity contribution in [1.82, 2.24) is 5.32 Å². The van der Waals surface area contributed by atoms with Crippen LogP contribution in [0.5, 0.6) is 0 Å². The second kappa shape index (κ2) is 7.95. The first kappa shape index (κ1) is 17.4. The summed E-state index contributed by atoms with van der Waals surface area (Å²) in [4.78, 5) is 23.1. The maximum atomic E-state index is 13.0. The fraction of sp³-hybridized carbons (Fsp3) is 0.429. The third-order valence-corrected chi connectivity index (χ3v) is 2.92. The number of anilines is 1. The molecule has 0 fully saturated rings. The molecule has 0 aliphatic heterocycles. The van der Waals surface area contributed by atoms with Gasteiger partial charge < -0.3 is 15.7 Å². The number of aliphatic hydroxyl groups excluding tert-OH is 1. The molecule has 1 atom stereocenters. The van der Waals surface area contributed by atoms with E-state index in [4.69, 9.17) is 11.6 Å². The molecule has 1 aromatic carbocycles. The monoisotopic (exact) mass is 316 g/mol. The zero-order chi connectivity index (χ0) is 16.0. The van der Waals surface area contributed by atoms with Gasteiger partial charge in [-0.2, -0.15) is 0 Å². The van der Waals surface area contributed by atoms with E-state index in [2.05, 4.69) is 10.6 Å². The molecule has 2 amide bonds. The molecule has 0 spiro atoms. The minimum Gasteiger partial charge on any atom is -0.391 e. The molecular formula is C14H18ClFN2O3. The first-order valence-corrected chi connectivity index (χ1v) is 6.89. The molecular weight excluding hydrogens is 299 g/mol. The average molecular weight is 317 g/mol. The molecule has 116 valence electrons. The van der Waals surface area contributed by atoms with Crippen molar-refractivity contribution < 1.29 is 19.1 Å². The van der Waals surface area contributed by atoms with Crippen LogP contribution in [0.3, 0.4) is 0 Å². The molecule has 5 nitrogen and oxygen atoms in total. The molecule has 7 heteroatoms. The van der Waals surface area contributed by atoms with E-state index in [-0.39, 0.29) is 23.2 Å². The van der Waals surface area contributed by atoms with Crippen LogP contribution in [-0.4, -0.2) is 29.6 Å². The summed E-state index contributed by atoms with van der Waals surface area (Å²) in [5, 5.41) is 14.1. The lowest BCUT2D eigenvalue weighted by molar-refractivity contribution is -0.136. The normalized spacial score (nSPS) is 12.1. The lowest BCUT2D eigenvalue weighted by atomic mass is 10.1. The molecule has 0 heterocycles. The summed E-state index contributed by atoms with van der Waals surface area (Å²) in [5.41, 5.74) is 0.212. The van der Waals surface area contributed by atoms with Gasteiger partial charge in [0.05, 0.1) is 11.1 Å². The topological polar surface area (TPSA) is 78.4 Å². The van der Waals surface area contributed by atoms with Crippen molar-refractivity contribution >= 4 is 29.1 Å². The van der Waals surface area contributed by atoms with Crippen LogP contribution < -0.4 is 10.6 Å². The Hall–Kier alpha value is -1.66. The lowest BCUT2D eigenvalue weighted by Gasteiger charge is -2.13. The molecule has 0 aromatic heterocycles. The van der Waals surface area contributed by atoms with Crippen molar-refractivity contribution in [3.8, 4) is 0 Å². The fourth-order valence-electron chi connectivity index (χ4n) is 1.68. The average Bonchev–Trinajstić information content (AvgIpc) is 2.39. The van der Waals surface area contributed by atoms with E-state index in [0.717, 1.165) is 6.07 Å². The molecule has 3 N–H and O–H groups in total. The predicted molar refractivity (Wildman–Crippen MR) is 78.5 cm³/mol.